The topological polar surface area (TPSA) is 54.0 Å². The molecule has 1 saturated carbocycles. The van der Waals surface area contributed by atoms with Crippen molar-refractivity contribution in [1.82, 2.24) is 10.3 Å². The van der Waals surface area contributed by atoms with Crippen LogP contribution in [0.25, 0.3) is 0 Å². The molecule has 1 aromatic rings. The number of amides is 1. The number of nitrogens with zero attached hydrogens (tertiary/aromatic N) is 1. The summed E-state index contributed by atoms with van der Waals surface area (Å²) in [7, 11) is 1.83. The molecule has 1 aromatic heterocycles. The molecule has 0 atom stereocenters. The van der Waals surface area contributed by atoms with Gasteiger partial charge in [-0.15, -0.1) is 0 Å². The molecule has 0 spiro atoms. The number of pyridine rings is 1. The van der Waals surface area contributed by atoms with Gasteiger partial charge in [-0.05, 0) is 30.4 Å². The molecule has 4 heteroatoms. The third kappa shape index (κ3) is 3.00. The number of hydrogen-bond acceptors (Lipinski definition) is 3. The van der Waals surface area contributed by atoms with Gasteiger partial charge in [0.05, 0.1) is 0 Å². The van der Waals surface area contributed by atoms with E-state index in [2.05, 4.69) is 22.5 Å². The van der Waals surface area contributed by atoms with Crippen LogP contribution in [0.1, 0.15) is 43.1 Å². The normalized spacial score (nSPS) is 17.4. The molecular formula is C14H21N3O. The number of aromatic nitrogens is 1. The third-order valence-corrected chi connectivity index (χ3v) is 3.77. The van der Waals surface area contributed by atoms with Crippen LogP contribution in [0.2, 0.25) is 0 Å². The number of nitrogens with one attached hydrogen (secondary N) is 2. The van der Waals surface area contributed by atoms with E-state index in [1.807, 2.05) is 13.1 Å². The van der Waals surface area contributed by atoms with Crippen molar-refractivity contribution in [3.05, 3.63) is 24.0 Å². The average Bonchev–Trinajstić information content (AvgIpc) is 2.83. The maximum Gasteiger partial charge on any atom is 0.269 e. The second kappa shape index (κ2) is 5.38. The fraction of sp³-hybridized carbons (Fsp3) is 0.571. The highest BCUT2D eigenvalue weighted by molar-refractivity contribution is 5.93. The zero-order chi connectivity index (χ0) is 13.0. The first kappa shape index (κ1) is 12.9. The molecule has 0 radical (unpaired) electrons. The van der Waals surface area contributed by atoms with E-state index in [-0.39, 0.29) is 11.3 Å². The second-order valence-electron chi connectivity index (χ2n) is 5.38. The van der Waals surface area contributed by atoms with Gasteiger partial charge in [0.2, 0.25) is 0 Å². The highest BCUT2D eigenvalue weighted by Crippen LogP contribution is 2.36. The van der Waals surface area contributed by atoms with Crippen molar-refractivity contribution >= 4 is 11.6 Å². The van der Waals surface area contributed by atoms with Crippen LogP contribution in [-0.4, -0.2) is 24.5 Å². The molecule has 1 amide bonds. The molecule has 1 aliphatic carbocycles. The first-order chi connectivity index (χ1) is 8.63. The van der Waals surface area contributed by atoms with E-state index in [0.29, 0.717) is 5.69 Å². The highest BCUT2D eigenvalue weighted by Gasteiger charge is 2.29. The average molecular weight is 247 g/mol. The van der Waals surface area contributed by atoms with E-state index in [9.17, 15) is 4.79 Å². The van der Waals surface area contributed by atoms with Gasteiger partial charge in [0.15, 0.2) is 0 Å². The van der Waals surface area contributed by atoms with E-state index < -0.39 is 0 Å². The Bertz CT molecular complexity index is 425. The van der Waals surface area contributed by atoms with Gasteiger partial charge in [-0.2, -0.15) is 0 Å². The molecule has 0 unspecified atom stereocenters. The lowest BCUT2D eigenvalue weighted by molar-refractivity contribution is 0.0929. The van der Waals surface area contributed by atoms with Gasteiger partial charge in [0.1, 0.15) is 5.69 Å². The quantitative estimate of drug-likeness (QED) is 0.859. The van der Waals surface area contributed by atoms with Gasteiger partial charge in [-0.25, -0.2) is 0 Å². The first-order valence-corrected chi connectivity index (χ1v) is 6.55. The van der Waals surface area contributed by atoms with Crippen molar-refractivity contribution in [2.45, 2.75) is 32.6 Å². The monoisotopic (exact) mass is 247 g/mol. The third-order valence-electron chi connectivity index (χ3n) is 3.77. The molecule has 0 saturated heterocycles. The van der Waals surface area contributed by atoms with Crippen molar-refractivity contribution in [1.29, 1.82) is 0 Å². The Morgan fingerprint density at radius 1 is 1.44 bits per heavy atom. The Hall–Kier alpha value is -1.58. The predicted octanol–water partition coefficient (Wildman–Crippen LogP) is 2.43. The summed E-state index contributed by atoms with van der Waals surface area (Å²) in [6.45, 7) is 3.00. The molecule has 1 aliphatic rings. The lowest BCUT2D eigenvalue weighted by atomic mass is 9.89. The number of anilines is 1. The Morgan fingerprint density at radius 2 is 2.17 bits per heavy atom. The van der Waals surface area contributed by atoms with Crippen molar-refractivity contribution in [3.8, 4) is 0 Å². The summed E-state index contributed by atoms with van der Waals surface area (Å²) in [5.74, 6) is -0.0831. The summed E-state index contributed by atoms with van der Waals surface area (Å²) in [6.07, 6.45) is 6.62. The molecule has 0 aromatic carbocycles. The van der Waals surface area contributed by atoms with Crippen LogP contribution in [0.4, 0.5) is 5.69 Å². The molecule has 1 heterocycles. The fourth-order valence-electron chi connectivity index (χ4n) is 2.50. The number of hydrogen-bond donors (Lipinski definition) is 2. The van der Waals surface area contributed by atoms with E-state index >= 15 is 0 Å². The van der Waals surface area contributed by atoms with Gasteiger partial charge in [0.25, 0.3) is 5.91 Å². The van der Waals surface area contributed by atoms with Crippen LogP contribution in [0.5, 0.6) is 0 Å². The molecule has 0 aliphatic heterocycles. The maximum absolute atomic E-state index is 12.0. The van der Waals surface area contributed by atoms with Crippen LogP contribution in [0.15, 0.2) is 18.3 Å². The number of carbonyl (C=O) groups excluding carboxylic acids is 1. The summed E-state index contributed by atoms with van der Waals surface area (Å²) < 4.78 is 0. The molecule has 0 bridgehead atoms. The summed E-state index contributed by atoms with van der Waals surface area (Å²) in [5.41, 5.74) is 1.65. The van der Waals surface area contributed by atoms with E-state index in [1.165, 1.54) is 25.7 Å². The van der Waals surface area contributed by atoms with Crippen LogP contribution in [0, 0.1) is 5.41 Å². The molecule has 98 valence electrons. The van der Waals surface area contributed by atoms with Crippen molar-refractivity contribution in [3.63, 3.8) is 0 Å². The Morgan fingerprint density at radius 3 is 2.83 bits per heavy atom. The van der Waals surface area contributed by atoms with Crippen LogP contribution < -0.4 is 10.6 Å². The number of rotatable bonds is 4. The first-order valence-electron chi connectivity index (χ1n) is 6.55. The van der Waals surface area contributed by atoms with Gasteiger partial charge in [-0.3, -0.25) is 9.78 Å². The van der Waals surface area contributed by atoms with Gasteiger partial charge >= 0.3 is 0 Å². The van der Waals surface area contributed by atoms with Gasteiger partial charge in [0, 0.05) is 25.5 Å². The Kier molecular flexibility index (Phi) is 3.84. The van der Waals surface area contributed by atoms with Crippen LogP contribution in [-0.2, 0) is 0 Å². The zero-order valence-corrected chi connectivity index (χ0v) is 11.1. The van der Waals surface area contributed by atoms with E-state index in [1.54, 1.807) is 12.3 Å². The van der Waals surface area contributed by atoms with Crippen LogP contribution >= 0.6 is 0 Å². The lowest BCUT2D eigenvalue weighted by Crippen LogP contribution is -2.34. The molecule has 4 nitrogen and oxygen atoms in total. The van der Waals surface area contributed by atoms with Crippen molar-refractivity contribution in [2.24, 2.45) is 5.41 Å². The minimum atomic E-state index is -0.0831. The summed E-state index contributed by atoms with van der Waals surface area (Å²) in [5, 5.41) is 6.01. The minimum absolute atomic E-state index is 0.0831. The zero-order valence-electron chi connectivity index (χ0n) is 11.1. The van der Waals surface area contributed by atoms with Gasteiger partial charge < -0.3 is 10.6 Å². The number of carbonyl (C=O) groups is 1. The standard InChI is InChI=1S/C14H21N3O/c1-14(6-3-4-7-14)10-17-13(18)12-9-11(15-2)5-8-16-12/h5,8-9H,3-4,6-7,10H2,1-2H3,(H,15,16)(H,17,18). The summed E-state index contributed by atoms with van der Waals surface area (Å²) in [4.78, 5) is 16.1. The minimum Gasteiger partial charge on any atom is -0.388 e. The molecule has 1 fully saturated rings. The summed E-state index contributed by atoms with van der Waals surface area (Å²) in [6, 6.07) is 3.61. The molecule has 2 N–H and O–H groups in total. The van der Waals surface area contributed by atoms with E-state index in [4.69, 9.17) is 0 Å². The predicted molar refractivity (Wildman–Crippen MR) is 72.7 cm³/mol. The molecule has 18 heavy (non-hydrogen) atoms. The smallest absolute Gasteiger partial charge is 0.269 e. The lowest BCUT2D eigenvalue weighted by Gasteiger charge is -2.23. The summed E-state index contributed by atoms with van der Waals surface area (Å²) >= 11 is 0. The van der Waals surface area contributed by atoms with Crippen molar-refractivity contribution < 1.29 is 4.79 Å². The fourth-order valence-corrected chi connectivity index (χ4v) is 2.50. The maximum atomic E-state index is 12.0. The Labute approximate surface area is 108 Å². The second-order valence-corrected chi connectivity index (χ2v) is 5.38. The van der Waals surface area contributed by atoms with E-state index in [0.717, 1.165) is 12.2 Å². The Balaban J connectivity index is 1.94. The highest BCUT2D eigenvalue weighted by atomic mass is 16.1. The van der Waals surface area contributed by atoms with Crippen LogP contribution in [0.3, 0.4) is 0 Å². The molecular weight excluding hydrogens is 226 g/mol. The van der Waals surface area contributed by atoms with Crippen molar-refractivity contribution in [2.75, 3.05) is 18.9 Å². The largest absolute Gasteiger partial charge is 0.388 e. The molecule has 2 rings (SSSR count). The SMILES string of the molecule is CNc1ccnc(C(=O)NCC2(C)CCCC2)c1. The van der Waals surface area contributed by atoms with Gasteiger partial charge in [-0.1, -0.05) is 19.8 Å².